The minimum Gasteiger partial charge on any atom is -0.345 e. The number of aryl methyl sites for hydroxylation is 2. The predicted molar refractivity (Wildman–Crippen MR) is 80.9 cm³/mol. The molecule has 106 valence electrons. The molecule has 0 unspecified atom stereocenters. The molecule has 1 aromatic rings. The molecule has 0 radical (unpaired) electrons. The van der Waals surface area contributed by atoms with Gasteiger partial charge in [0.2, 0.25) is 0 Å². The van der Waals surface area contributed by atoms with Crippen molar-refractivity contribution in [1.82, 2.24) is 14.8 Å². The third-order valence-corrected chi connectivity index (χ3v) is 3.40. The van der Waals surface area contributed by atoms with E-state index in [1.54, 1.807) is 0 Å². The Hall–Kier alpha value is -2.31. The Kier molecular flexibility index (Phi) is 2.96. The van der Waals surface area contributed by atoms with Gasteiger partial charge in [-0.15, -0.1) is 0 Å². The van der Waals surface area contributed by atoms with Gasteiger partial charge < -0.3 is 9.80 Å². The van der Waals surface area contributed by atoms with Crippen molar-refractivity contribution >= 4 is 24.1 Å². The molecule has 0 aliphatic carbocycles. The van der Waals surface area contributed by atoms with Crippen LogP contribution in [-0.4, -0.2) is 54.9 Å². The molecule has 2 aliphatic rings. The van der Waals surface area contributed by atoms with Crippen LogP contribution >= 0.6 is 0 Å². The average molecular weight is 273 g/mol. The van der Waals surface area contributed by atoms with Crippen molar-refractivity contribution in [2.45, 2.75) is 13.8 Å². The molecule has 0 atom stereocenters. The summed E-state index contributed by atoms with van der Waals surface area (Å²) in [5, 5.41) is 12.7. The molecule has 0 amide bonds. The lowest BCUT2D eigenvalue weighted by Gasteiger charge is -2.22. The summed E-state index contributed by atoms with van der Waals surface area (Å²) < 4.78 is 0. The van der Waals surface area contributed by atoms with E-state index in [0.29, 0.717) is 0 Å². The third-order valence-electron chi connectivity index (χ3n) is 3.40. The van der Waals surface area contributed by atoms with Crippen LogP contribution in [0.1, 0.15) is 11.4 Å². The Morgan fingerprint density at radius 3 is 1.65 bits per heavy atom. The number of hydrazone groups is 2. The van der Waals surface area contributed by atoms with Gasteiger partial charge in [0.25, 0.3) is 0 Å². The van der Waals surface area contributed by atoms with E-state index in [0.717, 1.165) is 36.1 Å². The Bertz CT molecular complexity index is 533. The average Bonchev–Trinajstić information content (AvgIpc) is 2.99. The fourth-order valence-electron chi connectivity index (χ4n) is 2.37. The SMILES string of the molecule is Cc1nc(C)c(N2CN(C)C=N2)cc1N1CN(C)C=N1. The van der Waals surface area contributed by atoms with Gasteiger partial charge >= 0.3 is 0 Å². The standard InChI is InChI=1S/C13H19N7/c1-10-12(19-8-17(3)6-14-19)5-13(11(2)16-10)20-9-18(4)7-15-20/h5-7H,8-9H2,1-4H3. The van der Waals surface area contributed by atoms with E-state index in [1.807, 2.05) is 60.4 Å². The van der Waals surface area contributed by atoms with Gasteiger partial charge in [0.15, 0.2) is 0 Å². The van der Waals surface area contributed by atoms with Gasteiger partial charge in [0.05, 0.1) is 22.8 Å². The summed E-state index contributed by atoms with van der Waals surface area (Å²) in [6.45, 7) is 5.51. The fourth-order valence-corrected chi connectivity index (χ4v) is 2.37. The van der Waals surface area contributed by atoms with Crippen LogP contribution in [0.3, 0.4) is 0 Å². The van der Waals surface area contributed by atoms with Gasteiger partial charge in [0, 0.05) is 14.1 Å². The highest BCUT2D eigenvalue weighted by Crippen LogP contribution is 2.30. The van der Waals surface area contributed by atoms with Crippen LogP contribution in [0.2, 0.25) is 0 Å². The topological polar surface area (TPSA) is 50.6 Å². The lowest BCUT2D eigenvalue weighted by atomic mass is 10.2. The Morgan fingerprint density at radius 1 is 0.850 bits per heavy atom. The van der Waals surface area contributed by atoms with E-state index in [1.165, 1.54) is 0 Å². The van der Waals surface area contributed by atoms with Crippen LogP contribution in [0.4, 0.5) is 11.4 Å². The van der Waals surface area contributed by atoms with Gasteiger partial charge in [-0.3, -0.25) is 4.98 Å². The van der Waals surface area contributed by atoms with Crippen molar-refractivity contribution in [3.8, 4) is 0 Å². The second-order valence-electron chi connectivity index (χ2n) is 5.26. The molecule has 3 heterocycles. The van der Waals surface area contributed by atoms with Gasteiger partial charge in [-0.2, -0.15) is 10.2 Å². The highest BCUT2D eigenvalue weighted by molar-refractivity contribution is 5.70. The molecule has 7 nitrogen and oxygen atoms in total. The molecule has 0 N–H and O–H groups in total. The minimum absolute atomic E-state index is 0.744. The van der Waals surface area contributed by atoms with Crippen LogP contribution < -0.4 is 10.0 Å². The maximum atomic E-state index is 4.64. The maximum absolute atomic E-state index is 4.64. The lowest BCUT2D eigenvalue weighted by molar-refractivity contribution is 0.546. The number of anilines is 2. The maximum Gasteiger partial charge on any atom is 0.113 e. The van der Waals surface area contributed by atoms with Crippen LogP contribution in [0.25, 0.3) is 0 Å². The normalized spacial score (nSPS) is 17.8. The summed E-state index contributed by atoms with van der Waals surface area (Å²) in [4.78, 5) is 8.70. The number of hydrogen-bond acceptors (Lipinski definition) is 7. The number of pyridine rings is 1. The lowest BCUT2D eigenvalue weighted by Crippen LogP contribution is -2.26. The van der Waals surface area contributed by atoms with E-state index >= 15 is 0 Å². The van der Waals surface area contributed by atoms with Gasteiger partial charge in [-0.05, 0) is 19.9 Å². The van der Waals surface area contributed by atoms with E-state index < -0.39 is 0 Å². The first kappa shape index (κ1) is 12.7. The quantitative estimate of drug-likeness (QED) is 0.804. The highest BCUT2D eigenvalue weighted by atomic mass is 15.6. The summed E-state index contributed by atoms with van der Waals surface area (Å²) in [7, 11) is 4.00. The molecule has 1 aromatic heterocycles. The number of nitrogens with zero attached hydrogens (tertiary/aromatic N) is 7. The van der Waals surface area contributed by atoms with Gasteiger partial charge in [-0.1, -0.05) is 0 Å². The first-order valence-electron chi connectivity index (χ1n) is 6.56. The smallest absolute Gasteiger partial charge is 0.113 e. The van der Waals surface area contributed by atoms with Crippen LogP contribution in [-0.2, 0) is 0 Å². The molecule has 0 spiro atoms. The van der Waals surface area contributed by atoms with Crippen molar-refractivity contribution in [3.63, 3.8) is 0 Å². The van der Waals surface area contributed by atoms with Crippen molar-refractivity contribution < 1.29 is 0 Å². The second-order valence-corrected chi connectivity index (χ2v) is 5.26. The minimum atomic E-state index is 0.744. The third kappa shape index (κ3) is 2.15. The van der Waals surface area contributed by atoms with Crippen molar-refractivity contribution in [1.29, 1.82) is 0 Å². The van der Waals surface area contributed by atoms with Gasteiger partial charge in [-0.25, -0.2) is 10.0 Å². The molecule has 3 rings (SSSR count). The first-order valence-corrected chi connectivity index (χ1v) is 6.56. The first-order chi connectivity index (χ1) is 9.54. The van der Waals surface area contributed by atoms with Crippen LogP contribution in [0, 0.1) is 13.8 Å². The summed E-state index contributed by atoms with van der Waals surface area (Å²) in [5.41, 5.74) is 4.01. The second kappa shape index (κ2) is 4.66. The zero-order chi connectivity index (χ0) is 14.3. The summed E-state index contributed by atoms with van der Waals surface area (Å²) in [6.07, 6.45) is 3.64. The zero-order valence-corrected chi connectivity index (χ0v) is 12.3. The van der Waals surface area contributed by atoms with E-state index in [4.69, 9.17) is 0 Å². The Balaban J connectivity index is 1.96. The van der Waals surface area contributed by atoms with E-state index in [9.17, 15) is 0 Å². The van der Waals surface area contributed by atoms with Crippen molar-refractivity contribution in [2.24, 2.45) is 10.2 Å². The molecule has 0 saturated carbocycles. The fraction of sp³-hybridized carbons (Fsp3) is 0.462. The molecule has 20 heavy (non-hydrogen) atoms. The van der Waals surface area contributed by atoms with E-state index in [2.05, 4.69) is 21.3 Å². The number of rotatable bonds is 2. The molecule has 0 bridgehead atoms. The molecule has 0 aromatic carbocycles. The molecule has 0 fully saturated rings. The number of hydrogen-bond donors (Lipinski definition) is 0. The molecular weight excluding hydrogens is 254 g/mol. The summed E-state index contributed by atoms with van der Waals surface area (Å²) >= 11 is 0. The van der Waals surface area contributed by atoms with Crippen molar-refractivity contribution in [2.75, 3.05) is 37.5 Å². The Labute approximate surface area is 118 Å². The number of aromatic nitrogens is 1. The molecule has 0 saturated heterocycles. The van der Waals surface area contributed by atoms with Crippen LogP contribution in [0.15, 0.2) is 16.3 Å². The van der Waals surface area contributed by atoms with Crippen molar-refractivity contribution in [3.05, 3.63) is 17.5 Å². The molecule has 7 heteroatoms. The largest absolute Gasteiger partial charge is 0.345 e. The molecule has 2 aliphatic heterocycles. The molecular formula is C13H19N7. The van der Waals surface area contributed by atoms with E-state index in [-0.39, 0.29) is 0 Å². The van der Waals surface area contributed by atoms with Gasteiger partial charge in [0.1, 0.15) is 26.0 Å². The summed E-state index contributed by atoms with van der Waals surface area (Å²) in [5.74, 6) is 0. The zero-order valence-electron chi connectivity index (χ0n) is 12.3. The summed E-state index contributed by atoms with van der Waals surface area (Å²) in [6, 6.07) is 2.12. The highest BCUT2D eigenvalue weighted by Gasteiger charge is 2.21. The monoisotopic (exact) mass is 273 g/mol. The van der Waals surface area contributed by atoms with Crippen LogP contribution in [0.5, 0.6) is 0 Å². The Morgan fingerprint density at radius 2 is 1.30 bits per heavy atom. The predicted octanol–water partition coefficient (Wildman–Crippen LogP) is 1.00.